The van der Waals surface area contributed by atoms with Crippen LogP contribution in [-0.2, 0) is 17.8 Å². The maximum Gasteiger partial charge on any atom is 0.410 e. The number of hydrogen-bond acceptors (Lipinski definition) is 3. The Morgan fingerprint density at radius 3 is 2.30 bits per heavy atom. The fraction of sp³-hybridized carbons (Fsp3) is 0.316. The number of rotatable bonds is 4. The summed E-state index contributed by atoms with van der Waals surface area (Å²) in [6.07, 6.45) is 0.381. The summed E-state index contributed by atoms with van der Waals surface area (Å²) >= 11 is 0. The van der Waals surface area contributed by atoms with Gasteiger partial charge < -0.3 is 14.7 Å². The van der Waals surface area contributed by atoms with Gasteiger partial charge in [-0.3, -0.25) is 0 Å². The highest BCUT2D eigenvalue weighted by atomic mass is 16.6. The molecule has 1 aliphatic rings. The van der Waals surface area contributed by atoms with Crippen LogP contribution in [-0.4, -0.2) is 34.8 Å². The zero-order valence-electron chi connectivity index (χ0n) is 13.0. The molecule has 1 amide bonds. The second-order valence-corrected chi connectivity index (χ2v) is 5.85. The molecule has 0 aliphatic carbocycles. The third-order valence-corrected chi connectivity index (χ3v) is 4.24. The van der Waals surface area contributed by atoms with Crippen LogP contribution in [0.1, 0.15) is 17.5 Å². The third-order valence-electron chi connectivity index (χ3n) is 4.24. The molecular weight excluding hydrogens is 290 g/mol. The highest BCUT2D eigenvalue weighted by molar-refractivity contribution is 5.68. The van der Waals surface area contributed by atoms with Crippen molar-refractivity contribution < 1.29 is 14.6 Å². The lowest BCUT2D eigenvalue weighted by Gasteiger charge is -2.25. The van der Waals surface area contributed by atoms with E-state index in [0.717, 1.165) is 11.1 Å². The van der Waals surface area contributed by atoms with Gasteiger partial charge in [0.05, 0.1) is 12.1 Å². The monoisotopic (exact) mass is 311 g/mol. The second-order valence-electron chi connectivity index (χ2n) is 5.85. The highest BCUT2D eigenvalue weighted by Gasteiger charge is 2.36. The molecule has 4 heteroatoms. The molecular formula is C19H21NO3. The van der Waals surface area contributed by atoms with E-state index >= 15 is 0 Å². The molecule has 4 nitrogen and oxygen atoms in total. The molecule has 0 unspecified atom stereocenters. The number of likely N-dealkylation sites (tertiary alicyclic amines) is 1. The van der Waals surface area contributed by atoms with E-state index in [9.17, 15) is 9.90 Å². The Bertz CT molecular complexity index is 630. The van der Waals surface area contributed by atoms with Crippen molar-refractivity contribution in [2.75, 3.05) is 6.54 Å². The predicted octanol–water partition coefficient (Wildman–Crippen LogP) is 3.00. The Kier molecular flexibility index (Phi) is 4.93. The summed E-state index contributed by atoms with van der Waals surface area (Å²) in [6.45, 7) is 0.788. The van der Waals surface area contributed by atoms with Gasteiger partial charge in [-0.25, -0.2) is 4.79 Å². The first-order valence-electron chi connectivity index (χ1n) is 7.93. The molecule has 0 aromatic heterocycles. The van der Waals surface area contributed by atoms with E-state index in [2.05, 4.69) is 0 Å². The summed E-state index contributed by atoms with van der Waals surface area (Å²) in [4.78, 5) is 14.0. The number of benzene rings is 2. The van der Waals surface area contributed by atoms with Gasteiger partial charge in [-0.15, -0.1) is 0 Å². The van der Waals surface area contributed by atoms with Gasteiger partial charge in [0.2, 0.25) is 0 Å². The average molecular weight is 311 g/mol. The van der Waals surface area contributed by atoms with Crippen molar-refractivity contribution in [2.24, 2.45) is 0 Å². The third kappa shape index (κ3) is 3.90. The lowest BCUT2D eigenvalue weighted by atomic mass is 10.0. The van der Waals surface area contributed by atoms with Crippen molar-refractivity contribution in [3.63, 3.8) is 0 Å². The molecule has 0 spiro atoms. The Labute approximate surface area is 136 Å². The van der Waals surface area contributed by atoms with E-state index < -0.39 is 6.10 Å². The normalized spacial score (nSPS) is 20.5. The lowest BCUT2D eigenvalue weighted by Crippen LogP contribution is -2.41. The highest BCUT2D eigenvalue weighted by Crippen LogP contribution is 2.23. The van der Waals surface area contributed by atoms with Crippen LogP contribution < -0.4 is 0 Å². The molecule has 1 saturated heterocycles. The minimum Gasteiger partial charge on any atom is -0.445 e. The molecule has 2 aromatic rings. The van der Waals surface area contributed by atoms with Crippen molar-refractivity contribution in [1.29, 1.82) is 0 Å². The fourth-order valence-corrected chi connectivity index (χ4v) is 2.97. The minimum atomic E-state index is -0.500. The van der Waals surface area contributed by atoms with Gasteiger partial charge >= 0.3 is 6.09 Å². The van der Waals surface area contributed by atoms with Gasteiger partial charge in [0.1, 0.15) is 6.61 Å². The largest absolute Gasteiger partial charge is 0.445 e. The van der Waals surface area contributed by atoms with Gasteiger partial charge in [0, 0.05) is 6.54 Å². The zero-order chi connectivity index (χ0) is 16.1. The Morgan fingerprint density at radius 1 is 1.04 bits per heavy atom. The van der Waals surface area contributed by atoms with Gasteiger partial charge in [0.15, 0.2) is 0 Å². The van der Waals surface area contributed by atoms with Crippen LogP contribution in [0.2, 0.25) is 0 Å². The second kappa shape index (κ2) is 7.29. The maximum atomic E-state index is 12.4. The summed E-state index contributed by atoms with van der Waals surface area (Å²) in [5, 5.41) is 10.2. The van der Waals surface area contributed by atoms with Gasteiger partial charge in [0.25, 0.3) is 0 Å². The van der Waals surface area contributed by atoms with Crippen LogP contribution in [0.3, 0.4) is 0 Å². The Balaban J connectivity index is 1.62. The molecule has 2 atom stereocenters. The maximum absolute atomic E-state index is 12.4. The number of nitrogens with zero attached hydrogens (tertiary/aromatic N) is 1. The molecule has 23 heavy (non-hydrogen) atoms. The smallest absolute Gasteiger partial charge is 0.410 e. The van der Waals surface area contributed by atoms with Gasteiger partial charge in [-0.1, -0.05) is 60.7 Å². The lowest BCUT2D eigenvalue weighted by molar-refractivity contribution is 0.0717. The average Bonchev–Trinajstić information content (AvgIpc) is 2.95. The molecule has 0 bridgehead atoms. The fourth-order valence-electron chi connectivity index (χ4n) is 2.97. The van der Waals surface area contributed by atoms with Crippen LogP contribution >= 0.6 is 0 Å². The van der Waals surface area contributed by atoms with Crippen molar-refractivity contribution in [1.82, 2.24) is 4.90 Å². The standard InChI is InChI=1S/C19H21NO3/c21-18-11-12-20(17(18)13-15-7-3-1-4-8-15)19(22)23-14-16-9-5-2-6-10-16/h1-10,17-18,21H,11-14H2/t17-,18+/m0/s1. The molecule has 0 radical (unpaired) electrons. The number of aliphatic hydroxyl groups excluding tert-OH is 1. The van der Waals surface area contributed by atoms with Crippen molar-refractivity contribution in [3.8, 4) is 0 Å². The summed E-state index contributed by atoms with van der Waals surface area (Å²) in [5.74, 6) is 0. The number of hydrogen-bond donors (Lipinski definition) is 1. The molecule has 1 N–H and O–H groups in total. The molecule has 2 aromatic carbocycles. The van der Waals surface area contributed by atoms with Crippen molar-refractivity contribution in [3.05, 3.63) is 71.8 Å². The first-order valence-corrected chi connectivity index (χ1v) is 7.93. The van der Waals surface area contributed by atoms with E-state index in [-0.39, 0.29) is 18.7 Å². The number of aliphatic hydroxyl groups is 1. The molecule has 0 saturated carbocycles. The summed E-state index contributed by atoms with van der Waals surface area (Å²) < 4.78 is 5.40. The predicted molar refractivity (Wildman–Crippen MR) is 87.9 cm³/mol. The summed E-state index contributed by atoms with van der Waals surface area (Å²) in [5.41, 5.74) is 2.07. The molecule has 120 valence electrons. The van der Waals surface area contributed by atoms with Gasteiger partial charge in [-0.2, -0.15) is 0 Å². The SMILES string of the molecule is O=C(OCc1ccccc1)N1CC[C@@H](O)[C@@H]1Cc1ccccc1. The molecule has 3 rings (SSSR count). The van der Waals surface area contributed by atoms with Crippen LogP contribution in [0.25, 0.3) is 0 Å². The van der Waals surface area contributed by atoms with Crippen LogP contribution in [0.5, 0.6) is 0 Å². The van der Waals surface area contributed by atoms with Crippen LogP contribution in [0.4, 0.5) is 4.79 Å². The van der Waals surface area contributed by atoms with E-state index in [0.29, 0.717) is 19.4 Å². The first-order chi connectivity index (χ1) is 11.2. The quantitative estimate of drug-likeness (QED) is 0.944. The van der Waals surface area contributed by atoms with Gasteiger partial charge in [-0.05, 0) is 24.0 Å². The molecule has 1 aliphatic heterocycles. The number of amides is 1. The van der Waals surface area contributed by atoms with Crippen LogP contribution in [0, 0.1) is 0 Å². The first kappa shape index (κ1) is 15.6. The summed E-state index contributed by atoms with van der Waals surface area (Å²) in [6, 6.07) is 19.3. The number of ether oxygens (including phenoxy) is 1. The minimum absolute atomic E-state index is 0.222. The van der Waals surface area contributed by atoms with E-state index in [4.69, 9.17) is 4.74 Å². The number of carbonyl (C=O) groups excluding carboxylic acids is 1. The topological polar surface area (TPSA) is 49.8 Å². The van der Waals surface area contributed by atoms with Crippen molar-refractivity contribution in [2.45, 2.75) is 31.6 Å². The Hall–Kier alpha value is -2.33. The Morgan fingerprint density at radius 2 is 1.65 bits per heavy atom. The zero-order valence-corrected chi connectivity index (χ0v) is 13.0. The van der Waals surface area contributed by atoms with E-state index in [1.165, 1.54) is 0 Å². The summed E-state index contributed by atoms with van der Waals surface area (Å²) in [7, 11) is 0. The van der Waals surface area contributed by atoms with E-state index in [1.807, 2.05) is 60.7 Å². The molecule has 1 fully saturated rings. The van der Waals surface area contributed by atoms with E-state index in [1.54, 1.807) is 4.90 Å². The van der Waals surface area contributed by atoms with Crippen molar-refractivity contribution >= 4 is 6.09 Å². The molecule has 1 heterocycles. The number of carbonyl (C=O) groups is 1. The van der Waals surface area contributed by atoms with Crippen LogP contribution in [0.15, 0.2) is 60.7 Å².